The Hall–Kier alpha value is -7.89. The van der Waals surface area contributed by atoms with Gasteiger partial charge in [-0.05, 0) is 128 Å². The highest BCUT2D eigenvalue weighted by atomic mass is 16.5. The fourth-order valence-electron chi connectivity index (χ4n) is 11.5. The van der Waals surface area contributed by atoms with E-state index in [2.05, 4.69) is 298 Å². The van der Waals surface area contributed by atoms with Gasteiger partial charge in [-0.15, -0.1) is 0 Å². The molecule has 0 amide bonds. The Balaban J connectivity index is 1.05. The van der Waals surface area contributed by atoms with Crippen molar-refractivity contribution in [1.29, 1.82) is 0 Å². The molecule has 1 aliphatic heterocycles. The molecule has 0 N–H and O–H groups in total. The maximum absolute atomic E-state index is 7.00. The second kappa shape index (κ2) is 18.7. The van der Waals surface area contributed by atoms with Crippen LogP contribution in [0.1, 0.15) is 128 Å². The summed E-state index contributed by atoms with van der Waals surface area (Å²) >= 11 is 0. The summed E-state index contributed by atoms with van der Waals surface area (Å²) in [6.07, 6.45) is 1.94. The van der Waals surface area contributed by atoms with E-state index in [0.29, 0.717) is 6.67 Å². The van der Waals surface area contributed by atoms with Gasteiger partial charge in [0.15, 0.2) is 0 Å². The molecule has 0 unspecified atom stereocenters. The first-order chi connectivity index (χ1) is 36.2. The van der Waals surface area contributed by atoms with E-state index in [0.717, 1.165) is 45.4 Å². The minimum atomic E-state index is -0.333. The second-order valence-corrected chi connectivity index (χ2v) is 24.7. The maximum atomic E-state index is 7.00. The molecule has 2 aromatic heterocycles. The zero-order chi connectivity index (χ0) is 53.4. The van der Waals surface area contributed by atoms with Crippen molar-refractivity contribution in [3.05, 3.63) is 251 Å². The highest BCUT2D eigenvalue weighted by Crippen LogP contribution is 2.52. The van der Waals surface area contributed by atoms with Crippen LogP contribution in [0.4, 0.5) is 22.7 Å². The predicted octanol–water partition coefficient (Wildman–Crippen LogP) is 18.8. The lowest BCUT2D eigenvalue weighted by Crippen LogP contribution is -2.28. The number of benzene rings is 8. The van der Waals surface area contributed by atoms with Gasteiger partial charge < -0.3 is 14.5 Å². The Kier molecular flexibility index (Phi) is 12.4. The molecule has 11 rings (SSSR count). The average Bonchev–Trinajstić information content (AvgIpc) is 3.97. The maximum Gasteiger partial charge on any atom is 0.137 e. The zero-order valence-electron chi connectivity index (χ0n) is 46.5. The lowest BCUT2D eigenvalue weighted by atomic mass is 9.68. The predicted molar refractivity (Wildman–Crippen MR) is 320 cm³/mol. The topological polar surface area (TPSA) is 33.5 Å². The van der Waals surface area contributed by atoms with Crippen LogP contribution in [0.15, 0.2) is 206 Å². The van der Waals surface area contributed by atoms with Gasteiger partial charge in [0.05, 0.1) is 22.4 Å². The summed E-state index contributed by atoms with van der Waals surface area (Å²) < 4.78 is 9.31. The van der Waals surface area contributed by atoms with Gasteiger partial charge in [0.1, 0.15) is 24.0 Å². The standard InChI is InChI=1S/C71H72N4O/c1-67(2,3)51-34-37-62-59(41-51)58-36-35-57(44-63(58)75(62)66-42-52(38-39-72-66)68(4,5)6)76-56-33-23-32-55(43-56)74-47-73(54-31-22-30-53(40-54)69(7,8)48-24-16-13-17-25-48)64-45-60(70(9,10)49-26-18-14-19-27-49)61(46-65(64)74)71(11,12)50-28-20-15-21-29-50/h13-46H,47H2,1-12H3. The van der Waals surface area contributed by atoms with E-state index in [1.807, 2.05) is 6.20 Å². The van der Waals surface area contributed by atoms with Crippen molar-refractivity contribution < 1.29 is 4.74 Å². The van der Waals surface area contributed by atoms with E-state index >= 15 is 0 Å². The van der Waals surface area contributed by atoms with Crippen molar-refractivity contribution in [2.45, 2.75) is 110 Å². The molecule has 8 aromatic carbocycles. The van der Waals surface area contributed by atoms with E-state index in [4.69, 9.17) is 9.72 Å². The van der Waals surface area contributed by atoms with Crippen molar-refractivity contribution >= 4 is 44.6 Å². The first-order valence-electron chi connectivity index (χ1n) is 27.0. The van der Waals surface area contributed by atoms with E-state index < -0.39 is 0 Å². The number of ether oxygens (including phenoxy) is 1. The summed E-state index contributed by atoms with van der Waals surface area (Å²) in [6.45, 7) is 28.4. The Morgan fingerprint density at radius 3 is 1.43 bits per heavy atom. The van der Waals surface area contributed by atoms with Crippen LogP contribution in [0.5, 0.6) is 11.5 Å². The smallest absolute Gasteiger partial charge is 0.137 e. The highest BCUT2D eigenvalue weighted by molar-refractivity contribution is 6.10. The fraction of sp³-hybridized carbons (Fsp3) is 0.254. The summed E-state index contributed by atoms with van der Waals surface area (Å²) in [6, 6.07) is 73.5. The van der Waals surface area contributed by atoms with Crippen LogP contribution in [-0.4, -0.2) is 16.2 Å². The van der Waals surface area contributed by atoms with Gasteiger partial charge in [-0.1, -0.05) is 198 Å². The molecule has 0 bridgehead atoms. The molecule has 0 spiro atoms. The quantitative estimate of drug-likeness (QED) is 0.129. The van der Waals surface area contributed by atoms with Gasteiger partial charge in [-0.3, -0.25) is 4.57 Å². The molecule has 10 aromatic rings. The minimum Gasteiger partial charge on any atom is -0.457 e. The molecule has 5 heteroatoms. The van der Waals surface area contributed by atoms with Gasteiger partial charge in [0.25, 0.3) is 0 Å². The number of rotatable bonds is 11. The van der Waals surface area contributed by atoms with Crippen LogP contribution in [0.25, 0.3) is 27.6 Å². The summed E-state index contributed by atoms with van der Waals surface area (Å²) in [5.41, 5.74) is 16.0. The molecule has 0 fully saturated rings. The first kappa shape index (κ1) is 50.3. The molecule has 3 heterocycles. The van der Waals surface area contributed by atoms with E-state index in [-0.39, 0.29) is 27.1 Å². The summed E-state index contributed by atoms with van der Waals surface area (Å²) in [5, 5.41) is 2.37. The Morgan fingerprint density at radius 2 is 0.868 bits per heavy atom. The zero-order valence-corrected chi connectivity index (χ0v) is 46.5. The fourth-order valence-corrected chi connectivity index (χ4v) is 11.5. The summed E-state index contributed by atoms with van der Waals surface area (Å²) in [5.74, 6) is 2.42. The van der Waals surface area contributed by atoms with E-state index in [1.165, 1.54) is 61.0 Å². The van der Waals surface area contributed by atoms with Crippen molar-refractivity contribution in [2.24, 2.45) is 0 Å². The molecular weight excluding hydrogens is 925 g/mol. The normalized spacial score (nSPS) is 13.4. The lowest BCUT2D eigenvalue weighted by molar-refractivity contribution is 0.483. The Bertz CT molecular complexity index is 3760. The largest absolute Gasteiger partial charge is 0.457 e. The number of pyridine rings is 1. The molecule has 0 saturated heterocycles. The van der Waals surface area contributed by atoms with Crippen LogP contribution in [0, 0.1) is 0 Å². The van der Waals surface area contributed by atoms with Crippen LogP contribution < -0.4 is 14.5 Å². The van der Waals surface area contributed by atoms with Crippen LogP contribution in [-0.2, 0) is 27.1 Å². The third kappa shape index (κ3) is 9.04. The van der Waals surface area contributed by atoms with Crippen LogP contribution in [0.2, 0.25) is 0 Å². The van der Waals surface area contributed by atoms with Crippen molar-refractivity contribution in [1.82, 2.24) is 9.55 Å². The third-order valence-electron chi connectivity index (χ3n) is 16.5. The molecule has 0 atom stereocenters. The molecule has 5 nitrogen and oxygen atoms in total. The van der Waals surface area contributed by atoms with Crippen molar-refractivity contribution in [2.75, 3.05) is 16.5 Å². The number of nitrogens with zero attached hydrogens (tertiary/aromatic N) is 4. The number of aromatic nitrogens is 2. The van der Waals surface area contributed by atoms with Crippen LogP contribution >= 0.6 is 0 Å². The first-order valence-corrected chi connectivity index (χ1v) is 27.0. The van der Waals surface area contributed by atoms with Crippen LogP contribution in [0.3, 0.4) is 0 Å². The van der Waals surface area contributed by atoms with Gasteiger partial charge in [0.2, 0.25) is 0 Å². The minimum absolute atomic E-state index is 0.00199. The number of fused-ring (bicyclic) bond motifs is 4. The molecule has 1 aliphatic rings. The molecular formula is C71H72N4O. The van der Waals surface area contributed by atoms with E-state index in [9.17, 15) is 0 Å². The summed E-state index contributed by atoms with van der Waals surface area (Å²) in [4.78, 5) is 9.98. The molecule has 76 heavy (non-hydrogen) atoms. The summed E-state index contributed by atoms with van der Waals surface area (Å²) in [7, 11) is 0. The highest BCUT2D eigenvalue weighted by Gasteiger charge is 2.39. The number of hydrogen-bond acceptors (Lipinski definition) is 4. The van der Waals surface area contributed by atoms with Crippen molar-refractivity contribution in [3.63, 3.8) is 0 Å². The lowest BCUT2D eigenvalue weighted by Gasteiger charge is -2.36. The van der Waals surface area contributed by atoms with Crippen molar-refractivity contribution in [3.8, 4) is 17.3 Å². The molecule has 0 aliphatic carbocycles. The third-order valence-corrected chi connectivity index (χ3v) is 16.5. The van der Waals surface area contributed by atoms with Gasteiger partial charge in [-0.25, -0.2) is 4.98 Å². The Labute approximate surface area is 451 Å². The molecule has 0 saturated carbocycles. The van der Waals surface area contributed by atoms with Gasteiger partial charge in [-0.2, -0.15) is 0 Å². The number of anilines is 4. The monoisotopic (exact) mass is 997 g/mol. The average molecular weight is 997 g/mol. The second-order valence-electron chi connectivity index (χ2n) is 24.7. The van der Waals surface area contributed by atoms with E-state index in [1.54, 1.807) is 0 Å². The molecule has 0 radical (unpaired) electrons. The molecule has 382 valence electrons. The Morgan fingerprint density at radius 1 is 0.368 bits per heavy atom. The van der Waals surface area contributed by atoms with Gasteiger partial charge in [0, 0.05) is 56.7 Å². The number of hydrogen-bond donors (Lipinski definition) is 0. The van der Waals surface area contributed by atoms with Gasteiger partial charge >= 0.3 is 0 Å². The SMILES string of the molecule is CC(C)(C)c1ccnc(-n2c3ccc(C(C)(C)C)cc3c3ccc(Oc4cccc(N5CN(c6cccc(C(C)(C)c7ccccc7)c6)c6cc(C(C)(C)c7ccccc7)c(C(C)(C)c7ccccc7)cc65)c4)cc32)c1.